The Balaban J connectivity index is 0.00000288. The maximum Gasteiger partial charge on any atom is 0.161 e. The molecular weight excluding hydrogens is 356 g/mol. The average Bonchev–Trinajstić information content (AvgIpc) is 2.55. The van der Waals surface area contributed by atoms with Crippen LogP contribution in [0.2, 0.25) is 5.02 Å². The second-order valence-corrected chi connectivity index (χ2v) is 5.32. The molecule has 2 N–H and O–H groups in total. The van der Waals surface area contributed by atoms with Gasteiger partial charge in [0.05, 0.1) is 18.7 Å². The minimum Gasteiger partial charge on any atom is -1.00 e. The maximum atomic E-state index is 13.0. The highest BCUT2D eigenvalue weighted by atomic mass is 35.5. The summed E-state index contributed by atoms with van der Waals surface area (Å²) in [6.45, 7) is 1.47. The summed E-state index contributed by atoms with van der Waals surface area (Å²) in [5.74, 6) is 0.807. The second-order valence-electron chi connectivity index (χ2n) is 4.91. The normalized spacial score (nSPS) is 10.2. The van der Waals surface area contributed by atoms with Crippen LogP contribution < -0.4 is 27.2 Å². The lowest BCUT2D eigenvalue weighted by molar-refractivity contribution is -0.00000688. The molecule has 2 aromatic carbocycles. The highest BCUT2D eigenvalue weighted by molar-refractivity contribution is 6.31. The fourth-order valence-electron chi connectivity index (χ4n) is 2.05. The Bertz CT molecular complexity index is 656. The third kappa shape index (κ3) is 5.83. The summed E-state index contributed by atoms with van der Waals surface area (Å²) >= 11 is 5.99. The molecule has 0 aliphatic heterocycles. The van der Waals surface area contributed by atoms with Crippen molar-refractivity contribution >= 4 is 11.6 Å². The van der Waals surface area contributed by atoms with Gasteiger partial charge >= 0.3 is 0 Å². The zero-order valence-corrected chi connectivity index (χ0v) is 14.7. The Morgan fingerprint density at radius 3 is 2.62 bits per heavy atom. The predicted molar refractivity (Wildman–Crippen MR) is 87.5 cm³/mol. The van der Waals surface area contributed by atoms with E-state index in [1.54, 1.807) is 13.2 Å². The molecule has 0 radical (unpaired) electrons. The predicted octanol–water partition coefficient (Wildman–Crippen LogP) is 0.153. The van der Waals surface area contributed by atoms with Gasteiger partial charge in [0.25, 0.3) is 0 Å². The van der Waals surface area contributed by atoms with E-state index in [1.165, 1.54) is 12.1 Å². The molecule has 2 rings (SSSR count). The van der Waals surface area contributed by atoms with Crippen molar-refractivity contribution in [1.82, 2.24) is 5.32 Å². The van der Waals surface area contributed by atoms with Gasteiger partial charge in [-0.25, -0.2) is 4.39 Å². The van der Waals surface area contributed by atoms with Crippen LogP contribution in [0.4, 0.5) is 4.39 Å². The van der Waals surface area contributed by atoms with E-state index >= 15 is 0 Å². The third-order valence-corrected chi connectivity index (χ3v) is 3.60. The Kier molecular flexibility index (Phi) is 8.85. The summed E-state index contributed by atoms with van der Waals surface area (Å²) < 4.78 is 24.1. The van der Waals surface area contributed by atoms with Gasteiger partial charge in [0.1, 0.15) is 12.4 Å². The number of nitrogens with one attached hydrogen (secondary N) is 1. The highest BCUT2D eigenvalue weighted by Gasteiger charge is 2.08. The summed E-state index contributed by atoms with van der Waals surface area (Å²) in [6, 6.07) is 9.79. The number of hydrogen-bond donors (Lipinski definition) is 2. The second kappa shape index (κ2) is 10.4. The topological polar surface area (TPSA) is 50.7 Å². The molecule has 0 amide bonds. The first kappa shape index (κ1) is 20.5. The summed E-state index contributed by atoms with van der Waals surface area (Å²) in [4.78, 5) is 0. The third-order valence-electron chi connectivity index (χ3n) is 3.24. The Morgan fingerprint density at radius 2 is 1.96 bits per heavy atom. The van der Waals surface area contributed by atoms with Gasteiger partial charge in [0.2, 0.25) is 0 Å². The first-order chi connectivity index (χ1) is 11.1. The van der Waals surface area contributed by atoms with Crippen molar-refractivity contribution in [2.24, 2.45) is 0 Å². The van der Waals surface area contributed by atoms with E-state index in [-0.39, 0.29) is 31.4 Å². The number of benzene rings is 2. The fourth-order valence-corrected chi connectivity index (χ4v) is 2.27. The van der Waals surface area contributed by atoms with Gasteiger partial charge in [-0.2, -0.15) is 0 Å². The molecule has 0 saturated heterocycles. The van der Waals surface area contributed by atoms with Crippen LogP contribution in [-0.2, 0) is 13.2 Å². The molecule has 0 heterocycles. The summed E-state index contributed by atoms with van der Waals surface area (Å²) in [7, 11) is 1.57. The number of rotatable bonds is 8. The molecule has 4 nitrogen and oxygen atoms in total. The van der Waals surface area contributed by atoms with E-state index in [0.29, 0.717) is 35.2 Å². The van der Waals surface area contributed by atoms with Crippen LogP contribution in [0.15, 0.2) is 36.4 Å². The Labute approximate surface area is 152 Å². The van der Waals surface area contributed by atoms with Gasteiger partial charge < -0.3 is 32.3 Å². The molecule has 0 aliphatic carbocycles. The maximum absolute atomic E-state index is 13.0. The number of ether oxygens (including phenoxy) is 2. The molecule has 2 aromatic rings. The Hall–Kier alpha value is -1.53. The van der Waals surface area contributed by atoms with E-state index < -0.39 is 0 Å². The largest absolute Gasteiger partial charge is 1.00 e. The molecule has 0 atom stereocenters. The van der Waals surface area contributed by atoms with Crippen LogP contribution in [-0.4, -0.2) is 25.4 Å². The van der Waals surface area contributed by atoms with E-state index in [9.17, 15) is 4.39 Å². The molecule has 0 fully saturated rings. The standard InChI is InChI=1S/C17H19ClFNO3.ClH/c1-22-17-8-12(10-20-6-7-21)2-5-16(17)23-11-13-3-4-14(19)9-15(13)18;/h2-5,8-9,20-21H,6-7,10-11H2,1H3;1H/p-1. The average molecular weight is 375 g/mol. The van der Waals surface area contributed by atoms with Gasteiger partial charge in [0, 0.05) is 18.7 Å². The SMILES string of the molecule is COc1cc(CNCCO)ccc1OCc1ccc(F)cc1Cl.[Cl-]. The minimum atomic E-state index is -0.379. The number of hydrogen-bond acceptors (Lipinski definition) is 4. The van der Waals surface area contributed by atoms with Crippen LogP contribution in [0.1, 0.15) is 11.1 Å². The molecule has 0 bridgehead atoms. The summed E-state index contributed by atoms with van der Waals surface area (Å²) in [6.07, 6.45) is 0. The van der Waals surface area contributed by atoms with Crippen molar-refractivity contribution in [3.63, 3.8) is 0 Å². The molecular formula is C17H19Cl2FNO3-. The molecule has 0 aliphatic rings. The van der Waals surface area contributed by atoms with Gasteiger partial charge in [0.15, 0.2) is 11.5 Å². The van der Waals surface area contributed by atoms with Crippen molar-refractivity contribution < 1.29 is 31.4 Å². The lowest BCUT2D eigenvalue weighted by atomic mass is 10.2. The monoisotopic (exact) mass is 374 g/mol. The first-order valence-electron chi connectivity index (χ1n) is 7.19. The molecule has 0 saturated carbocycles. The van der Waals surface area contributed by atoms with E-state index in [2.05, 4.69) is 5.32 Å². The van der Waals surface area contributed by atoms with Crippen LogP contribution >= 0.6 is 11.6 Å². The van der Waals surface area contributed by atoms with E-state index in [1.807, 2.05) is 18.2 Å². The molecule has 132 valence electrons. The van der Waals surface area contributed by atoms with Gasteiger partial charge in [-0.15, -0.1) is 0 Å². The van der Waals surface area contributed by atoms with Crippen LogP contribution in [0, 0.1) is 5.82 Å². The number of aliphatic hydroxyl groups is 1. The van der Waals surface area contributed by atoms with Gasteiger partial charge in [-0.3, -0.25) is 0 Å². The van der Waals surface area contributed by atoms with Gasteiger partial charge in [-0.05, 0) is 29.8 Å². The van der Waals surface area contributed by atoms with Crippen molar-refractivity contribution in [2.45, 2.75) is 13.2 Å². The lowest BCUT2D eigenvalue weighted by Crippen LogP contribution is -3.00. The van der Waals surface area contributed by atoms with Crippen LogP contribution in [0.3, 0.4) is 0 Å². The fraction of sp³-hybridized carbons (Fsp3) is 0.294. The van der Waals surface area contributed by atoms with Crippen LogP contribution in [0.5, 0.6) is 11.5 Å². The molecule has 0 spiro atoms. The highest BCUT2D eigenvalue weighted by Crippen LogP contribution is 2.29. The first-order valence-corrected chi connectivity index (χ1v) is 7.57. The zero-order chi connectivity index (χ0) is 16.7. The van der Waals surface area contributed by atoms with Crippen LogP contribution in [0.25, 0.3) is 0 Å². The minimum absolute atomic E-state index is 0. The van der Waals surface area contributed by atoms with Gasteiger partial charge in [-0.1, -0.05) is 23.7 Å². The van der Waals surface area contributed by atoms with E-state index in [0.717, 1.165) is 5.56 Å². The molecule has 0 unspecified atom stereocenters. The molecule has 24 heavy (non-hydrogen) atoms. The quantitative estimate of drug-likeness (QED) is 0.646. The van der Waals surface area contributed by atoms with Crippen molar-refractivity contribution in [3.8, 4) is 11.5 Å². The molecule has 0 aromatic heterocycles. The molecule has 7 heteroatoms. The van der Waals surface area contributed by atoms with Crippen molar-refractivity contribution in [1.29, 1.82) is 0 Å². The van der Waals surface area contributed by atoms with Crippen molar-refractivity contribution in [3.05, 3.63) is 58.4 Å². The van der Waals surface area contributed by atoms with E-state index in [4.69, 9.17) is 26.2 Å². The Morgan fingerprint density at radius 1 is 1.17 bits per heavy atom. The summed E-state index contributed by atoms with van der Waals surface area (Å²) in [5, 5.41) is 12.2. The number of aliphatic hydroxyl groups excluding tert-OH is 1. The lowest BCUT2D eigenvalue weighted by Gasteiger charge is -2.13. The zero-order valence-electron chi connectivity index (χ0n) is 13.2. The number of methoxy groups -OCH3 is 1. The number of halogens is 3. The van der Waals surface area contributed by atoms with Crippen molar-refractivity contribution in [2.75, 3.05) is 20.3 Å². The smallest absolute Gasteiger partial charge is 0.161 e. The summed E-state index contributed by atoms with van der Waals surface area (Å²) in [5.41, 5.74) is 1.71.